The second-order valence-corrected chi connectivity index (χ2v) is 5.00. The van der Waals surface area contributed by atoms with E-state index in [9.17, 15) is 0 Å². The quantitative estimate of drug-likeness (QED) is 0.739. The molecule has 0 nitrogen and oxygen atoms in total. The van der Waals surface area contributed by atoms with Gasteiger partial charge in [-0.05, 0) is 58.3 Å². The molecule has 0 amide bonds. The van der Waals surface area contributed by atoms with Gasteiger partial charge in [0.25, 0.3) is 0 Å². The van der Waals surface area contributed by atoms with Gasteiger partial charge in [0.15, 0.2) is 0 Å². The maximum Gasteiger partial charge on any atom is -0.00611 e. The lowest BCUT2D eigenvalue weighted by Gasteiger charge is -2.07. The summed E-state index contributed by atoms with van der Waals surface area (Å²) >= 11 is 1.79. The van der Waals surface area contributed by atoms with Crippen LogP contribution in [0.25, 0.3) is 6.08 Å². The zero-order valence-corrected chi connectivity index (χ0v) is 9.96. The topological polar surface area (TPSA) is 0 Å². The highest BCUT2D eigenvalue weighted by atomic mass is 32.1. The number of rotatable bonds is 3. The fraction of sp³-hybridized carbons (Fsp3) is 0.200. The van der Waals surface area contributed by atoms with E-state index < -0.39 is 0 Å². The Morgan fingerprint density at radius 2 is 2.12 bits per heavy atom. The van der Waals surface area contributed by atoms with Crippen molar-refractivity contribution in [2.45, 2.75) is 19.3 Å². The summed E-state index contributed by atoms with van der Waals surface area (Å²) in [6.07, 6.45) is 7.96. The van der Waals surface area contributed by atoms with E-state index >= 15 is 0 Å². The number of fused-ring (bicyclic) bond motifs is 1. The monoisotopic (exact) mass is 226 g/mol. The Morgan fingerprint density at radius 1 is 1.12 bits per heavy atom. The average molecular weight is 226 g/mol. The molecule has 80 valence electrons. The van der Waals surface area contributed by atoms with E-state index in [-0.39, 0.29) is 0 Å². The van der Waals surface area contributed by atoms with Crippen LogP contribution >= 0.6 is 11.3 Å². The van der Waals surface area contributed by atoms with Crippen molar-refractivity contribution in [2.75, 3.05) is 0 Å². The highest BCUT2D eigenvalue weighted by Gasteiger charge is 2.09. The predicted molar refractivity (Wildman–Crippen MR) is 70.9 cm³/mol. The van der Waals surface area contributed by atoms with E-state index in [0.717, 1.165) is 6.42 Å². The molecule has 0 fully saturated rings. The summed E-state index contributed by atoms with van der Waals surface area (Å²) in [5.41, 5.74) is 5.95. The lowest BCUT2D eigenvalue weighted by atomic mass is 9.98. The number of hydrogen-bond acceptors (Lipinski definition) is 1. The first-order valence-corrected chi connectivity index (χ1v) is 6.66. The van der Waals surface area contributed by atoms with Crippen molar-refractivity contribution >= 4 is 17.4 Å². The maximum absolute atomic E-state index is 2.28. The van der Waals surface area contributed by atoms with Gasteiger partial charge in [-0.3, -0.25) is 0 Å². The molecule has 0 unspecified atom stereocenters. The fourth-order valence-corrected chi connectivity index (χ4v) is 3.01. The van der Waals surface area contributed by atoms with Gasteiger partial charge in [0.2, 0.25) is 0 Å². The highest BCUT2D eigenvalue weighted by molar-refractivity contribution is 7.07. The Bertz CT molecular complexity index is 506. The van der Waals surface area contributed by atoms with Crippen LogP contribution < -0.4 is 0 Å². The molecule has 1 aromatic heterocycles. The average Bonchev–Trinajstić information content (AvgIpc) is 2.97. The third-order valence-corrected chi connectivity index (χ3v) is 3.92. The van der Waals surface area contributed by atoms with E-state index in [2.05, 4.69) is 47.2 Å². The molecule has 0 bridgehead atoms. The van der Waals surface area contributed by atoms with E-state index in [1.165, 1.54) is 35.1 Å². The van der Waals surface area contributed by atoms with Gasteiger partial charge in [-0.1, -0.05) is 30.4 Å². The first kappa shape index (κ1) is 9.86. The highest BCUT2D eigenvalue weighted by Crippen LogP contribution is 2.24. The molecule has 0 radical (unpaired) electrons. The molecule has 0 aliphatic heterocycles. The minimum absolute atomic E-state index is 1.12. The molecule has 16 heavy (non-hydrogen) atoms. The maximum atomic E-state index is 2.28. The van der Waals surface area contributed by atoms with Crippen LogP contribution in [0.2, 0.25) is 0 Å². The molecule has 1 aromatic carbocycles. The van der Waals surface area contributed by atoms with E-state index in [1.54, 1.807) is 11.3 Å². The Hall–Kier alpha value is -1.34. The van der Waals surface area contributed by atoms with Gasteiger partial charge < -0.3 is 0 Å². The molecular formula is C15H14S. The molecule has 3 rings (SSSR count). The van der Waals surface area contributed by atoms with Crippen LogP contribution in [0.15, 0.2) is 41.1 Å². The Kier molecular flexibility index (Phi) is 2.63. The van der Waals surface area contributed by atoms with Gasteiger partial charge in [-0.2, -0.15) is 11.3 Å². The molecule has 1 heteroatoms. The van der Waals surface area contributed by atoms with Crippen molar-refractivity contribution in [1.29, 1.82) is 0 Å². The molecule has 0 saturated heterocycles. The first-order valence-electron chi connectivity index (χ1n) is 5.72. The smallest absolute Gasteiger partial charge is 0.00611 e. The predicted octanol–water partition coefficient (Wildman–Crippen LogP) is 4.10. The van der Waals surface area contributed by atoms with Gasteiger partial charge >= 0.3 is 0 Å². The largest absolute Gasteiger partial charge is 0.152 e. The van der Waals surface area contributed by atoms with Crippen molar-refractivity contribution in [3.63, 3.8) is 0 Å². The van der Waals surface area contributed by atoms with Crippen LogP contribution in [-0.2, 0) is 19.3 Å². The number of allylic oxidation sites excluding steroid dienone is 1. The third kappa shape index (κ3) is 1.83. The molecule has 0 N–H and O–H groups in total. The number of benzene rings is 1. The summed E-state index contributed by atoms with van der Waals surface area (Å²) in [7, 11) is 0. The Morgan fingerprint density at radius 3 is 3.00 bits per heavy atom. The molecule has 0 saturated carbocycles. The second-order valence-electron chi connectivity index (χ2n) is 4.22. The zero-order chi connectivity index (χ0) is 10.8. The lowest BCUT2D eigenvalue weighted by Crippen LogP contribution is -1.96. The molecule has 1 heterocycles. The van der Waals surface area contributed by atoms with Crippen molar-refractivity contribution in [3.05, 3.63) is 63.4 Å². The summed E-state index contributed by atoms with van der Waals surface area (Å²) in [6.45, 7) is 0. The molecule has 1 aliphatic rings. The van der Waals surface area contributed by atoms with Crippen LogP contribution in [0.3, 0.4) is 0 Å². The second kappa shape index (κ2) is 4.26. The molecule has 1 aliphatic carbocycles. The molecular weight excluding hydrogens is 212 g/mol. The van der Waals surface area contributed by atoms with Crippen LogP contribution in [0.5, 0.6) is 0 Å². The van der Waals surface area contributed by atoms with Crippen molar-refractivity contribution < 1.29 is 0 Å². The summed E-state index contributed by atoms with van der Waals surface area (Å²) in [6, 6.07) is 8.90. The minimum Gasteiger partial charge on any atom is -0.152 e. The van der Waals surface area contributed by atoms with E-state index in [4.69, 9.17) is 0 Å². The van der Waals surface area contributed by atoms with E-state index in [1.807, 2.05) is 0 Å². The van der Waals surface area contributed by atoms with Gasteiger partial charge in [0.05, 0.1) is 0 Å². The van der Waals surface area contributed by atoms with Crippen LogP contribution in [-0.4, -0.2) is 0 Å². The van der Waals surface area contributed by atoms with Crippen molar-refractivity contribution in [1.82, 2.24) is 0 Å². The first-order chi connectivity index (χ1) is 7.93. The van der Waals surface area contributed by atoms with Crippen LogP contribution in [0.4, 0.5) is 0 Å². The van der Waals surface area contributed by atoms with E-state index in [0.29, 0.717) is 0 Å². The molecule has 2 aromatic rings. The number of thiophene rings is 1. The fourth-order valence-electron chi connectivity index (χ4n) is 2.31. The van der Waals surface area contributed by atoms with Crippen molar-refractivity contribution in [2.24, 2.45) is 0 Å². The van der Waals surface area contributed by atoms with Gasteiger partial charge in [0.1, 0.15) is 0 Å². The SMILES string of the molecule is C1=Cc2cccc(CCc3ccsc3)c2C1. The summed E-state index contributed by atoms with van der Waals surface area (Å²) in [5.74, 6) is 0. The van der Waals surface area contributed by atoms with Crippen molar-refractivity contribution in [3.8, 4) is 0 Å². The molecule has 0 atom stereocenters. The zero-order valence-electron chi connectivity index (χ0n) is 9.15. The third-order valence-electron chi connectivity index (χ3n) is 3.19. The standard InChI is InChI=1S/C15H14S/c1-3-13-5-2-6-15(13)14(4-1)8-7-12-9-10-16-11-12/h1-5,9-11H,6-8H2. The number of hydrogen-bond donors (Lipinski definition) is 0. The van der Waals surface area contributed by atoms with Crippen LogP contribution in [0.1, 0.15) is 22.3 Å². The summed E-state index contributed by atoms with van der Waals surface area (Å²) < 4.78 is 0. The van der Waals surface area contributed by atoms with Gasteiger partial charge in [0, 0.05) is 0 Å². The normalized spacial score (nSPS) is 13.0. The van der Waals surface area contributed by atoms with Gasteiger partial charge in [-0.15, -0.1) is 0 Å². The van der Waals surface area contributed by atoms with Gasteiger partial charge in [-0.25, -0.2) is 0 Å². The molecule has 0 spiro atoms. The Balaban J connectivity index is 1.79. The lowest BCUT2D eigenvalue weighted by molar-refractivity contribution is 0.947. The summed E-state index contributed by atoms with van der Waals surface area (Å²) in [5, 5.41) is 4.41. The summed E-state index contributed by atoms with van der Waals surface area (Å²) in [4.78, 5) is 0. The number of aryl methyl sites for hydroxylation is 2. The Labute approximate surface area is 100 Å². The minimum atomic E-state index is 1.12. The van der Waals surface area contributed by atoms with Crippen LogP contribution in [0, 0.1) is 0 Å².